The Morgan fingerprint density at radius 1 is 1.22 bits per heavy atom. The summed E-state index contributed by atoms with van der Waals surface area (Å²) in [5.41, 5.74) is 2.86. The number of rotatable bonds is 7. The Balaban J connectivity index is 1.73. The summed E-state index contributed by atoms with van der Waals surface area (Å²) in [5.74, 6) is 0.757. The highest BCUT2D eigenvalue weighted by molar-refractivity contribution is 6.31. The molecule has 0 aliphatic heterocycles. The molecule has 5 heteroatoms. The largest absolute Gasteiger partial charge is 0.497 e. The van der Waals surface area contributed by atoms with Crippen molar-refractivity contribution in [1.29, 1.82) is 0 Å². The number of carbonyl (C=O) groups excluding carboxylic acids is 1. The van der Waals surface area contributed by atoms with Crippen molar-refractivity contribution in [2.75, 3.05) is 25.5 Å². The first-order valence-corrected chi connectivity index (χ1v) is 7.86. The zero-order valence-corrected chi connectivity index (χ0v) is 14.1. The first-order chi connectivity index (χ1) is 11.1. The Bertz CT molecular complexity index is 674. The first kappa shape index (κ1) is 17.3. The van der Waals surface area contributed by atoms with Crippen molar-refractivity contribution in [3.05, 3.63) is 58.6 Å². The molecule has 4 nitrogen and oxygen atoms in total. The Morgan fingerprint density at radius 2 is 2.04 bits per heavy atom. The quantitative estimate of drug-likeness (QED) is 0.764. The molecule has 0 fully saturated rings. The van der Waals surface area contributed by atoms with Crippen molar-refractivity contribution in [1.82, 2.24) is 5.32 Å². The van der Waals surface area contributed by atoms with Gasteiger partial charge in [0.05, 0.1) is 13.7 Å². The molecule has 0 saturated carbocycles. The van der Waals surface area contributed by atoms with E-state index in [0.717, 1.165) is 24.3 Å². The van der Waals surface area contributed by atoms with E-state index in [1.807, 2.05) is 43.3 Å². The third kappa shape index (κ3) is 5.58. The molecule has 0 radical (unpaired) electrons. The molecule has 0 aliphatic carbocycles. The molecule has 23 heavy (non-hydrogen) atoms. The molecular formula is C18H21ClN2O2. The van der Waals surface area contributed by atoms with Gasteiger partial charge < -0.3 is 15.4 Å². The third-order valence-corrected chi connectivity index (χ3v) is 3.87. The van der Waals surface area contributed by atoms with Crippen molar-refractivity contribution in [3.8, 4) is 5.75 Å². The van der Waals surface area contributed by atoms with Gasteiger partial charge in [-0.25, -0.2) is 0 Å². The highest BCUT2D eigenvalue weighted by Crippen LogP contribution is 2.19. The minimum absolute atomic E-state index is 0.0874. The lowest BCUT2D eigenvalue weighted by atomic mass is 10.1. The van der Waals surface area contributed by atoms with Crippen LogP contribution in [0.3, 0.4) is 0 Å². The number of benzene rings is 2. The van der Waals surface area contributed by atoms with E-state index in [-0.39, 0.29) is 12.5 Å². The summed E-state index contributed by atoms with van der Waals surface area (Å²) < 4.78 is 5.19. The monoisotopic (exact) mass is 332 g/mol. The molecule has 2 N–H and O–H groups in total. The first-order valence-electron chi connectivity index (χ1n) is 7.48. The number of anilines is 1. The molecule has 2 rings (SSSR count). The second-order valence-corrected chi connectivity index (χ2v) is 5.70. The number of halogens is 1. The van der Waals surface area contributed by atoms with Crippen molar-refractivity contribution in [3.63, 3.8) is 0 Å². The van der Waals surface area contributed by atoms with Gasteiger partial charge in [-0.3, -0.25) is 4.79 Å². The van der Waals surface area contributed by atoms with Crippen molar-refractivity contribution >= 4 is 23.2 Å². The molecule has 0 aromatic heterocycles. The maximum absolute atomic E-state index is 11.9. The smallest absolute Gasteiger partial charge is 0.238 e. The topological polar surface area (TPSA) is 50.4 Å². The van der Waals surface area contributed by atoms with E-state index in [4.69, 9.17) is 16.3 Å². The molecule has 0 saturated heterocycles. The zero-order valence-electron chi connectivity index (χ0n) is 13.4. The lowest BCUT2D eigenvalue weighted by Gasteiger charge is -2.08. The second kappa shape index (κ2) is 8.56. The van der Waals surface area contributed by atoms with Crippen molar-refractivity contribution < 1.29 is 9.53 Å². The Morgan fingerprint density at radius 3 is 2.78 bits per heavy atom. The van der Waals surface area contributed by atoms with Gasteiger partial charge in [-0.2, -0.15) is 0 Å². The minimum Gasteiger partial charge on any atom is -0.497 e. The van der Waals surface area contributed by atoms with E-state index in [1.54, 1.807) is 13.2 Å². The zero-order chi connectivity index (χ0) is 16.7. The number of hydrogen-bond acceptors (Lipinski definition) is 3. The minimum atomic E-state index is -0.0874. The van der Waals surface area contributed by atoms with Crippen LogP contribution in [-0.4, -0.2) is 26.1 Å². The van der Waals surface area contributed by atoms with Crippen LogP contribution in [0.2, 0.25) is 5.02 Å². The predicted molar refractivity (Wildman–Crippen MR) is 94.4 cm³/mol. The third-order valence-electron chi connectivity index (χ3n) is 3.47. The van der Waals surface area contributed by atoms with E-state index in [1.165, 1.54) is 5.56 Å². The summed E-state index contributed by atoms with van der Waals surface area (Å²) in [6.07, 6.45) is 0.834. The van der Waals surface area contributed by atoms with Crippen molar-refractivity contribution in [2.45, 2.75) is 13.3 Å². The van der Waals surface area contributed by atoms with E-state index in [0.29, 0.717) is 10.7 Å². The summed E-state index contributed by atoms with van der Waals surface area (Å²) in [4.78, 5) is 11.9. The fourth-order valence-corrected chi connectivity index (χ4v) is 2.32. The summed E-state index contributed by atoms with van der Waals surface area (Å²) in [7, 11) is 1.65. The van der Waals surface area contributed by atoms with Gasteiger partial charge in [0.25, 0.3) is 0 Å². The molecular weight excluding hydrogens is 312 g/mol. The van der Waals surface area contributed by atoms with Crippen LogP contribution in [-0.2, 0) is 11.2 Å². The van der Waals surface area contributed by atoms with Crippen LogP contribution >= 0.6 is 11.6 Å². The normalized spacial score (nSPS) is 10.4. The van der Waals surface area contributed by atoms with Gasteiger partial charge in [-0.1, -0.05) is 29.8 Å². The maximum Gasteiger partial charge on any atom is 0.238 e. The van der Waals surface area contributed by atoms with Crippen LogP contribution in [0.15, 0.2) is 42.5 Å². The number of ether oxygens (including phenoxy) is 1. The van der Waals surface area contributed by atoms with Crippen LogP contribution in [0, 0.1) is 6.92 Å². The highest BCUT2D eigenvalue weighted by Gasteiger charge is 2.04. The van der Waals surface area contributed by atoms with Gasteiger partial charge in [-0.05, 0) is 55.3 Å². The Kier molecular flexibility index (Phi) is 6.44. The number of aryl methyl sites for hydroxylation is 1. The van der Waals surface area contributed by atoms with Gasteiger partial charge in [0.15, 0.2) is 0 Å². The van der Waals surface area contributed by atoms with Crippen molar-refractivity contribution in [2.24, 2.45) is 0 Å². The van der Waals surface area contributed by atoms with Crippen LogP contribution in [0.5, 0.6) is 5.75 Å². The van der Waals surface area contributed by atoms with Crippen LogP contribution in [0.4, 0.5) is 5.69 Å². The number of nitrogens with one attached hydrogen (secondary N) is 2. The number of methoxy groups -OCH3 is 1. The Hall–Kier alpha value is -2.04. The van der Waals surface area contributed by atoms with Gasteiger partial charge in [-0.15, -0.1) is 0 Å². The molecule has 2 aromatic rings. The molecule has 0 spiro atoms. The summed E-state index contributed by atoms with van der Waals surface area (Å²) in [5, 5.41) is 6.60. The van der Waals surface area contributed by atoms with Gasteiger partial charge >= 0.3 is 0 Å². The number of hydrogen-bond donors (Lipinski definition) is 2. The van der Waals surface area contributed by atoms with Gasteiger partial charge in [0, 0.05) is 10.7 Å². The molecule has 0 bridgehead atoms. The molecule has 0 aliphatic rings. The van der Waals surface area contributed by atoms with E-state index in [2.05, 4.69) is 10.6 Å². The summed E-state index contributed by atoms with van der Waals surface area (Å²) in [6, 6.07) is 13.4. The highest BCUT2D eigenvalue weighted by atomic mass is 35.5. The molecule has 122 valence electrons. The van der Waals surface area contributed by atoms with E-state index in [9.17, 15) is 4.79 Å². The molecule has 2 aromatic carbocycles. The average molecular weight is 333 g/mol. The fourth-order valence-electron chi connectivity index (χ4n) is 2.14. The van der Waals surface area contributed by atoms with Crippen LogP contribution in [0.25, 0.3) is 0 Å². The molecule has 0 unspecified atom stereocenters. The molecule has 0 heterocycles. The average Bonchev–Trinajstić information content (AvgIpc) is 2.55. The lowest BCUT2D eigenvalue weighted by molar-refractivity contribution is -0.115. The second-order valence-electron chi connectivity index (χ2n) is 5.29. The standard InChI is InChI=1S/C18H21ClN2O2/c1-13-6-7-15(11-17(13)19)21-18(22)12-20-9-8-14-4-3-5-16(10-14)23-2/h3-7,10-11,20H,8-9,12H2,1-2H3,(H,21,22). The number of carbonyl (C=O) groups is 1. The molecule has 0 atom stereocenters. The van der Waals surface area contributed by atoms with Crippen LogP contribution in [0.1, 0.15) is 11.1 Å². The Labute approximate surface area is 141 Å². The maximum atomic E-state index is 11.9. The fraction of sp³-hybridized carbons (Fsp3) is 0.278. The van der Waals surface area contributed by atoms with Gasteiger partial charge in [0.2, 0.25) is 5.91 Å². The molecule has 1 amide bonds. The predicted octanol–water partition coefficient (Wildman–Crippen LogP) is 3.43. The SMILES string of the molecule is COc1cccc(CCNCC(=O)Nc2ccc(C)c(Cl)c2)c1. The number of amides is 1. The lowest BCUT2D eigenvalue weighted by Crippen LogP contribution is -2.29. The van der Waals surface area contributed by atoms with Crippen LogP contribution < -0.4 is 15.4 Å². The van der Waals surface area contributed by atoms with Gasteiger partial charge in [0.1, 0.15) is 5.75 Å². The summed E-state index contributed by atoms with van der Waals surface area (Å²) in [6.45, 7) is 2.90. The van der Waals surface area contributed by atoms with E-state index < -0.39 is 0 Å². The summed E-state index contributed by atoms with van der Waals surface area (Å²) >= 11 is 6.04. The van der Waals surface area contributed by atoms with E-state index >= 15 is 0 Å².